The van der Waals surface area contributed by atoms with Crippen LogP contribution in [-0.2, 0) is 16.1 Å². The molecule has 0 nitrogen and oxygen atoms in total. The molecule has 0 saturated heterocycles. The van der Waals surface area contributed by atoms with Gasteiger partial charge in [0.15, 0.2) is 0 Å². The van der Waals surface area contributed by atoms with Crippen LogP contribution < -0.4 is 0 Å². The first-order valence-electron chi connectivity index (χ1n) is 3.42. The van der Waals surface area contributed by atoms with E-state index in [2.05, 4.69) is 59.8 Å². The van der Waals surface area contributed by atoms with Crippen LogP contribution in [0.15, 0.2) is 24.3 Å². The quantitative estimate of drug-likeness (QED) is 0.408. The van der Waals surface area contributed by atoms with Crippen LogP contribution in [0.3, 0.4) is 0 Å². The van der Waals surface area contributed by atoms with Crippen molar-refractivity contribution in [3.8, 4) is 0 Å². The molecule has 0 aromatic carbocycles. The number of rotatable bonds is 0. The molecule has 0 saturated carbocycles. The fourth-order valence-corrected chi connectivity index (χ4v) is 0.856. The number of hydrogen-bond donors (Lipinski definition) is 0. The molecule has 0 aromatic rings. The molecule has 0 spiro atoms. The van der Waals surface area contributed by atoms with E-state index in [4.69, 9.17) is 0 Å². The van der Waals surface area contributed by atoms with Gasteiger partial charge in [0.25, 0.3) is 0 Å². The predicted octanol–water partition coefficient (Wildman–Crippen LogP) is 3.56. The molecule has 0 N–H and O–H groups in total. The zero-order valence-corrected chi connectivity index (χ0v) is 10.3. The molecule has 61 valence electrons. The average Bonchev–Trinajstić information content (AvgIpc) is 1.90. The Morgan fingerprint density at radius 1 is 0.700 bits per heavy atom. The van der Waals surface area contributed by atoms with Crippen LogP contribution in [0.1, 0.15) is 25.7 Å². The summed E-state index contributed by atoms with van der Waals surface area (Å²) in [6, 6.07) is 0. The van der Waals surface area contributed by atoms with Gasteiger partial charge in [-0.3, -0.25) is 0 Å². The zero-order valence-electron chi connectivity index (χ0n) is 5.83. The van der Waals surface area contributed by atoms with E-state index < -0.39 is 0 Å². The number of halogens is 1. The Balaban J connectivity index is 0.000000371. The molecule has 2 heteroatoms. The Morgan fingerprint density at radius 3 is 1.10 bits per heavy atom. The summed E-state index contributed by atoms with van der Waals surface area (Å²) >= 11 is 4.23. The molecule has 0 heterocycles. The van der Waals surface area contributed by atoms with E-state index in [1.54, 1.807) is 0 Å². The van der Waals surface area contributed by atoms with Crippen molar-refractivity contribution in [3.63, 3.8) is 0 Å². The molecular formula is C8H12IPt. The average molecular weight is 430 g/mol. The maximum atomic E-state index is 2.27. The SMILES string of the molecule is C1=CCCC=CCC1.[I][Pt]. The molecular weight excluding hydrogens is 418 g/mol. The monoisotopic (exact) mass is 430 g/mol. The third kappa shape index (κ3) is 7.01. The predicted molar refractivity (Wildman–Crippen MR) is 50.8 cm³/mol. The van der Waals surface area contributed by atoms with Crippen molar-refractivity contribution in [1.82, 2.24) is 0 Å². The van der Waals surface area contributed by atoms with Crippen LogP contribution in [-0.4, -0.2) is 0 Å². The van der Waals surface area contributed by atoms with Gasteiger partial charge >= 0.3 is 35.5 Å². The van der Waals surface area contributed by atoms with Crippen molar-refractivity contribution in [2.75, 3.05) is 0 Å². The summed E-state index contributed by atoms with van der Waals surface area (Å²) < 4.78 is 0. The molecule has 0 radical (unpaired) electrons. The molecule has 0 aliphatic heterocycles. The van der Waals surface area contributed by atoms with E-state index in [0.717, 1.165) is 0 Å². The molecule has 0 bridgehead atoms. The summed E-state index contributed by atoms with van der Waals surface area (Å²) in [4.78, 5) is 0. The Morgan fingerprint density at radius 2 is 0.900 bits per heavy atom. The van der Waals surface area contributed by atoms with Gasteiger partial charge in [0.1, 0.15) is 0 Å². The summed E-state index contributed by atoms with van der Waals surface area (Å²) in [5, 5.41) is 0. The summed E-state index contributed by atoms with van der Waals surface area (Å²) in [5.74, 6) is 0. The van der Waals surface area contributed by atoms with Gasteiger partial charge < -0.3 is 0 Å². The third-order valence-electron chi connectivity index (χ3n) is 1.33. The maximum absolute atomic E-state index is 2.27. The van der Waals surface area contributed by atoms with Crippen LogP contribution in [0.25, 0.3) is 0 Å². The first-order chi connectivity index (χ1) is 5.00. The van der Waals surface area contributed by atoms with Crippen molar-refractivity contribution in [1.29, 1.82) is 0 Å². The van der Waals surface area contributed by atoms with Crippen molar-refractivity contribution < 1.29 is 16.1 Å². The molecule has 1 rings (SSSR count). The van der Waals surface area contributed by atoms with Crippen LogP contribution in [0, 0.1) is 0 Å². The molecule has 0 fully saturated rings. The minimum absolute atomic E-state index is 1.23. The van der Waals surface area contributed by atoms with Gasteiger partial charge in [-0.15, -0.1) is 0 Å². The summed E-state index contributed by atoms with van der Waals surface area (Å²) in [6.45, 7) is 0. The summed E-state index contributed by atoms with van der Waals surface area (Å²) in [7, 11) is 0. The van der Waals surface area contributed by atoms with Crippen LogP contribution in [0.5, 0.6) is 0 Å². The third-order valence-corrected chi connectivity index (χ3v) is 1.33. The molecule has 1 aliphatic rings. The number of allylic oxidation sites excluding steroid dienone is 4. The van der Waals surface area contributed by atoms with E-state index in [-0.39, 0.29) is 0 Å². The van der Waals surface area contributed by atoms with Gasteiger partial charge in [-0.25, -0.2) is 0 Å². The van der Waals surface area contributed by atoms with E-state index in [1.165, 1.54) is 25.7 Å². The zero-order chi connectivity index (χ0) is 7.66. The van der Waals surface area contributed by atoms with E-state index in [1.807, 2.05) is 0 Å². The molecule has 0 atom stereocenters. The fraction of sp³-hybridized carbons (Fsp3) is 0.500. The van der Waals surface area contributed by atoms with Gasteiger partial charge in [0.05, 0.1) is 0 Å². The normalized spacial score (nSPS) is 16.7. The molecule has 0 aromatic heterocycles. The van der Waals surface area contributed by atoms with Crippen molar-refractivity contribution in [2.45, 2.75) is 25.7 Å². The van der Waals surface area contributed by atoms with Crippen molar-refractivity contribution in [3.05, 3.63) is 24.3 Å². The second-order valence-electron chi connectivity index (χ2n) is 2.10. The van der Waals surface area contributed by atoms with Crippen LogP contribution >= 0.6 is 19.4 Å². The van der Waals surface area contributed by atoms with Gasteiger partial charge in [-0.2, -0.15) is 0 Å². The first kappa shape index (κ1) is 10.9. The van der Waals surface area contributed by atoms with E-state index in [0.29, 0.717) is 0 Å². The second-order valence-corrected chi connectivity index (χ2v) is 2.10. The molecule has 1 aliphatic carbocycles. The van der Waals surface area contributed by atoms with Crippen LogP contribution in [0.2, 0.25) is 0 Å². The van der Waals surface area contributed by atoms with Gasteiger partial charge in [-0.05, 0) is 25.7 Å². The number of hydrogen-bond acceptors (Lipinski definition) is 0. The second kappa shape index (κ2) is 9.90. The Bertz CT molecular complexity index is 81.8. The molecule has 0 unspecified atom stereocenters. The Labute approximate surface area is 84.9 Å². The van der Waals surface area contributed by atoms with E-state index >= 15 is 0 Å². The van der Waals surface area contributed by atoms with Crippen LogP contribution in [0.4, 0.5) is 0 Å². The molecule has 10 heavy (non-hydrogen) atoms. The molecule has 0 amide bonds. The van der Waals surface area contributed by atoms with E-state index in [9.17, 15) is 0 Å². The summed E-state index contributed by atoms with van der Waals surface area (Å²) in [6.07, 6.45) is 14.0. The van der Waals surface area contributed by atoms with Gasteiger partial charge in [0.2, 0.25) is 0 Å². The Kier molecular flexibility index (Phi) is 10.8. The first-order valence-corrected chi connectivity index (χ1v) is 9.86. The summed E-state index contributed by atoms with van der Waals surface area (Å²) in [5.41, 5.74) is 0. The van der Waals surface area contributed by atoms with Crippen molar-refractivity contribution >= 4 is 19.4 Å². The standard InChI is InChI=1S/C8H12.HI.Pt/c1-2-4-6-8-7-5-3-1;;/h1-2,7-8H,3-6H2;1H;/q;;+1/p-1. The Hall–Kier alpha value is 0.898. The minimum atomic E-state index is 1.23. The van der Waals surface area contributed by atoms with Crippen molar-refractivity contribution in [2.24, 2.45) is 0 Å². The van der Waals surface area contributed by atoms with Gasteiger partial charge in [0, 0.05) is 0 Å². The van der Waals surface area contributed by atoms with Gasteiger partial charge in [-0.1, -0.05) is 24.3 Å². The fourth-order valence-electron chi connectivity index (χ4n) is 0.856. The topological polar surface area (TPSA) is 0 Å².